The van der Waals surface area contributed by atoms with E-state index in [-0.39, 0.29) is 5.82 Å². The Kier molecular flexibility index (Phi) is 7.26. The zero-order valence-electron chi connectivity index (χ0n) is 22.6. The highest BCUT2D eigenvalue weighted by atomic mass is 16.1. The van der Waals surface area contributed by atoms with Crippen LogP contribution in [0.15, 0.2) is 72.8 Å². The number of aryl methyl sites for hydroxylation is 1. The van der Waals surface area contributed by atoms with Gasteiger partial charge in [-0.3, -0.25) is 14.6 Å². The maximum absolute atomic E-state index is 11.4. The second-order valence-corrected chi connectivity index (χ2v) is 10.9. The zero-order chi connectivity index (χ0) is 26.8. The van der Waals surface area contributed by atoms with Gasteiger partial charge in [0.15, 0.2) is 0 Å². The normalized spacial score (nSPS) is 18.1. The molecule has 39 heavy (non-hydrogen) atoms. The number of nitrogens with zero attached hydrogens (tertiary/aromatic N) is 5. The van der Waals surface area contributed by atoms with E-state index in [4.69, 9.17) is 5.73 Å². The molecule has 1 atom stereocenters. The van der Waals surface area contributed by atoms with Crippen molar-refractivity contribution in [1.29, 1.82) is 0 Å². The summed E-state index contributed by atoms with van der Waals surface area (Å²) in [6, 6.07) is 26.9. The van der Waals surface area contributed by atoms with Crippen molar-refractivity contribution in [3.63, 3.8) is 0 Å². The van der Waals surface area contributed by atoms with Crippen molar-refractivity contribution in [2.75, 3.05) is 26.2 Å². The lowest BCUT2D eigenvalue weighted by Gasteiger charge is -2.44. The molecule has 0 aliphatic carbocycles. The van der Waals surface area contributed by atoms with E-state index in [1.807, 2.05) is 12.1 Å². The van der Waals surface area contributed by atoms with Crippen LogP contribution in [0, 0.1) is 6.92 Å². The van der Waals surface area contributed by atoms with Gasteiger partial charge in [-0.1, -0.05) is 67.1 Å². The van der Waals surface area contributed by atoms with E-state index in [0.717, 1.165) is 24.7 Å². The standard InChI is InChI=1S/C32H36N6O/c1-23-34-32(31(33)39)35-38(23)29-15-9-25(10-16-29)20-24-5-11-27(12-6-24)28-13-7-26(8-14-28)21-36-18-19-37-17-3-2-4-30(37)22-36/h5-16,30H,2-4,17-22H2,1H3,(H2,33,39)/t30-/m0/s1. The van der Waals surface area contributed by atoms with Crippen LogP contribution in [0.2, 0.25) is 0 Å². The Bertz CT molecular complexity index is 1430. The largest absolute Gasteiger partial charge is 0.363 e. The second kappa shape index (κ2) is 11.1. The highest BCUT2D eigenvalue weighted by Gasteiger charge is 2.28. The molecular formula is C32H36N6O. The molecule has 0 spiro atoms. The molecule has 2 aliphatic rings. The molecule has 2 N–H and O–H groups in total. The molecule has 1 amide bonds. The SMILES string of the molecule is Cc1nc(C(N)=O)nn1-c1ccc(Cc2ccc(-c3ccc(CN4CCN5CCCC[C@H]5C4)cc3)cc2)cc1. The van der Waals surface area contributed by atoms with Crippen LogP contribution in [0.4, 0.5) is 0 Å². The minimum atomic E-state index is -0.624. The van der Waals surface area contributed by atoms with Gasteiger partial charge >= 0.3 is 0 Å². The first-order valence-corrected chi connectivity index (χ1v) is 14.0. The fraction of sp³-hybridized carbons (Fsp3) is 0.344. The summed E-state index contributed by atoms with van der Waals surface area (Å²) >= 11 is 0. The number of hydrogen-bond acceptors (Lipinski definition) is 5. The Balaban J connectivity index is 1.06. The molecule has 0 radical (unpaired) electrons. The van der Waals surface area contributed by atoms with E-state index in [2.05, 4.69) is 80.5 Å². The summed E-state index contributed by atoms with van der Waals surface area (Å²) in [5, 5.41) is 4.21. The van der Waals surface area contributed by atoms with Crippen LogP contribution < -0.4 is 5.73 Å². The quantitative estimate of drug-likeness (QED) is 0.385. The molecule has 3 heterocycles. The van der Waals surface area contributed by atoms with Gasteiger partial charge in [0.05, 0.1) is 5.69 Å². The van der Waals surface area contributed by atoms with Crippen molar-refractivity contribution in [2.45, 2.75) is 45.2 Å². The Hall–Kier alpha value is -3.81. The summed E-state index contributed by atoms with van der Waals surface area (Å²) < 4.78 is 1.64. The van der Waals surface area contributed by atoms with Gasteiger partial charge in [-0.2, -0.15) is 0 Å². The van der Waals surface area contributed by atoms with Gasteiger partial charge in [-0.15, -0.1) is 5.10 Å². The number of rotatable bonds is 7. The summed E-state index contributed by atoms with van der Waals surface area (Å²) in [5.74, 6) is 0.0347. The van der Waals surface area contributed by atoms with Crippen LogP contribution >= 0.6 is 0 Å². The predicted molar refractivity (Wildman–Crippen MR) is 154 cm³/mol. The molecule has 6 rings (SSSR count). The van der Waals surface area contributed by atoms with Gasteiger partial charge in [0.1, 0.15) is 5.82 Å². The van der Waals surface area contributed by atoms with Gasteiger partial charge in [0, 0.05) is 32.2 Å². The molecule has 200 valence electrons. The molecule has 0 bridgehead atoms. The number of fused-ring (bicyclic) bond motifs is 1. The van der Waals surface area contributed by atoms with Crippen LogP contribution in [0.1, 0.15) is 52.4 Å². The van der Waals surface area contributed by atoms with Crippen molar-refractivity contribution in [3.05, 3.63) is 101 Å². The molecule has 0 unspecified atom stereocenters. The third kappa shape index (κ3) is 5.79. The molecule has 2 saturated heterocycles. The highest BCUT2D eigenvalue weighted by Crippen LogP contribution is 2.25. The summed E-state index contributed by atoms with van der Waals surface area (Å²) in [5.41, 5.74) is 12.5. The van der Waals surface area contributed by atoms with E-state index >= 15 is 0 Å². The minimum Gasteiger partial charge on any atom is -0.363 e. The van der Waals surface area contributed by atoms with Crippen molar-refractivity contribution >= 4 is 5.91 Å². The molecule has 0 saturated carbocycles. The van der Waals surface area contributed by atoms with Crippen LogP contribution in [-0.4, -0.2) is 62.7 Å². The smallest absolute Gasteiger partial charge is 0.288 e. The van der Waals surface area contributed by atoms with E-state index in [9.17, 15) is 4.79 Å². The van der Waals surface area contributed by atoms with Crippen LogP contribution in [0.3, 0.4) is 0 Å². The zero-order valence-corrected chi connectivity index (χ0v) is 22.6. The van der Waals surface area contributed by atoms with Crippen LogP contribution in [-0.2, 0) is 13.0 Å². The molecule has 3 aromatic carbocycles. The van der Waals surface area contributed by atoms with Gasteiger partial charge < -0.3 is 5.73 Å². The molecule has 7 heteroatoms. The molecule has 4 aromatic rings. The minimum absolute atomic E-state index is 0.0315. The lowest BCUT2D eigenvalue weighted by molar-refractivity contribution is 0.0457. The number of carbonyl (C=O) groups excluding carboxylic acids is 1. The van der Waals surface area contributed by atoms with Gasteiger partial charge in [-0.25, -0.2) is 9.67 Å². The first-order chi connectivity index (χ1) is 19.0. The number of amides is 1. The van der Waals surface area contributed by atoms with E-state index in [1.165, 1.54) is 73.3 Å². The van der Waals surface area contributed by atoms with Crippen molar-refractivity contribution in [2.24, 2.45) is 5.73 Å². The Morgan fingerprint density at radius 2 is 1.49 bits per heavy atom. The van der Waals surface area contributed by atoms with Gasteiger partial charge in [0.25, 0.3) is 5.91 Å². The Labute approximate surface area is 230 Å². The molecule has 2 fully saturated rings. The lowest BCUT2D eigenvalue weighted by Crippen LogP contribution is -2.54. The number of aromatic nitrogens is 3. The van der Waals surface area contributed by atoms with E-state index in [0.29, 0.717) is 5.82 Å². The summed E-state index contributed by atoms with van der Waals surface area (Å²) in [7, 11) is 0. The van der Waals surface area contributed by atoms with Crippen LogP contribution in [0.25, 0.3) is 16.8 Å². The monoisotopic (exact) mass is 520 g/mol. The van der Waals surface area contributed by atoms with Gasteiger partial charge in [0.2, 0.25) is 5.82 Å². The maximum atomic E-state index is 11.4. The fourth-order valence-corrected chi connectivity index (χ4v) is 5.97. The van der Waals surface area contributed by atoms with Crippen molar-refractivity contribution in [3.8, 4) is 16.8 Å². The number of hydrogen-bond donors (Lipinski definition) is 1. The number of piperazine rings is 1. The number of nitrogens with two attached hydrogens (primary N) is 1. The topological polar surface area (TPSA) is 80.3 Å². The number of piperidine rings is 1. The molecule has 2 aliphatic heterocycles. The van der Waals surface area contributed by atoms with Crippen LogP contribution in [0.5, 0.6) is 0 Å². The van der Waals surface area contributed by atoms with Crippen molar-refractivity contribution < 1.29 is 4.79 Å². The molecule has 1 aromatic heterocycles. The third-order valence-corrected chi connectivity index (χ3v) is 8.15. The first kappa shape index (κ1) is 25.5. The average molecular weight is 521 g/mol. The predicted octanol–water partition coefficient (Wildman–Crippen LogP) is 4.60. The Morgan fingerprint density at radius 1 is 0.846 bits per heavy atom. The molecule has 7 nitrogen and oxygen atoms in total. The van der Waals surface area contributed by atoms with E-state index < -0.39 is 5.91 Å². The second-order valence-electron chi connectivity index (χ2n) is 10.9. The van der Waals surface area contributed by atoms with Gasteiger partial charge in [-0.05, 0) is 72.7 Å². The van der Waals surface area contributed by atoms with E-state index in [1.54, 1.807) is 11.6 Å². The lowest BCUT2D eigenvalue weighted by atomic mass is 9.98. The summed E-state index contributed by atoms with van der Waals surface area (Å²) in [6.07, 6.45) is 4.96. The fourth-order valence-electron chi connectivity index (χ4n) is 5.97. The Morgan fingerprint density at radius 3 is 2.13 bits per heavy atom. The first-order valence-electron chi connectivity index (χ1n) is 14.0. The third-order valence-electron chi connectivity index (χ3n) is 8.15. The summed E-state index contributed by atoms with van der Waals surface area (Å²) in [6.45, 7) is 7.76. The molecular weight excluding hydrogens is 484 g/mol. The highest BCUT2D eigenvalue weighted by molar-refractivity contribution is 5.88. The number of carbonyl (C=O) groups is 1. The number of primary amides is 1. The van der Waals surface area contributed by atoms with Crippen molar-refractivity contribution in [1.82, 2.24) is 24.6 Å². The summed E-state index contributed by atoms with van der Waals surface area (Å²) in [4.78, 5) is 20.8. The maximum Gasteiger partial charge on any atom is 0.288 e. The number of benzene rings is 3. The average Bonchev–Trinajstić information content (AvgIpc) is 3.36.